The van der Waals surface area contributed by atoms with Gasteiger partial charge in [0.25, 0.3) is 5.91 Å². The Bertz CT molecular complexity index is 925. The molecule has 3 aromatic rings. The number of amides is 1. The Morgan fingerprint density at radius 1 is 1.00 bits per heavy atom. The first-order valence-electron chi connectivity index (χ1n) is 9.55. The van der Waals surface area contributed by atoms with Crippen LogP contribution in [0, 0.1) is 0 Å². The lowest BCUT2D eigenvalue weighted by Crippen LogP contribution is -2.14. The highest BCUT2D eigenvalue weighted by Gasteiger charge is 2.08. The summed E-state index contributed by atoms with van der Waals surface area (Å²) in [5.41, 5.74) is 3.05. The molecule has 6 heteroatoms. The molecular formula is C23H25N3O3. The Morgan fingerprint density at radius 2 is 1.76 bits per heavy atom. The molecule has 0 unspecified atom stereocenters. The summed E-state index contributed by atoms with van der Waals surface area (Å²) in [5.74, 6) is 1.40. The van der Waals surface area contributed by atoms with Crippen molar-refractivity contribution in [2.45, 2.75) is 13.3 Å². The van der Waals surface area contributed by atoms with E-state index in [-0.39, 0.29) is 5.91 Å². The molecule has 2 N–H and O–H groups in total. The number of ether oxygens (including phenoxy) is 2. The van der Waals surface area contributed by atoms with Gasteiger partial charge in [-0.2, -0.15) is 0 Å². The van der Waals surface area contributed by atoms with Crippen LogP contribution in [0.1, 0.15) is 23.0 Å². The number of anilines is 2. The summed E-state index contributed by atoms with van der Waals surface area (Å²) in [5, 5.41) is 6.15. The summed E-state index contributed by atoms with van der Waals surface area (Å²) in [6.07, 6.45) is 2.49. The molecular weight excluding hydrogens is 366 g/mol. The molecule has 0 fully saturated rings. The zero-order valence-electron chi connectivity index (χ0n) is 16.6. The minimum absolute atomic E-state index is 0.255. The van der Waals surface area contributed by atoms with Crippen LogP contribution < -0.4 is 20.1 Å². The summed E-state index contributed by atoms with van der Waals surface area (Å²) in [6.45, 7) is 3.27. The Kier molecular flexibility index (Phi) is 7.05. The number of hydrogen-bond donors (Lipinski definition) is 2. The average molecular weight is 391 g/mol. The Morgan fingerprint density at radius 3 is 2.45 bits per heavy atom. The highest BCUT2D eigenvalue weighted by molar-refractivity contribution is 6.02. The van der Waals surface area contributed by atoms with Crippen molar-refractivity contribution in [1.29, 1.82) is 0 Å². The van der Waals surface area contributed by atoms with Gasteiger partial charge in [0, 0.05) is 12.2 Å². The van der Waals surface area contributed by atoms with Crippen LogP contribution in [0.2, 0.25) is 0 Å². The van der Waals surface area contributed by atoms with Crippen LogP contribution in [-0.2, 0) is 6.42 Å². The number of nitrogens with zero attached hydrogens (tertiary/aromatic N) is 1. The summed E-state index contributed by atoms with van der Waals surface area (Å²) in [7, 11) is 1.67. The normalized spacial score (nSPS) is 10.3. The molecule has 1 amide bonds. The molecule has 0 bridgehead atoms. The van der Waals surface area contributed by atoms with E-state index in [2.05, 4.69) is 15.6 Å². The largest absolute Gasteiger partial charge is 0.496 e. The fourth-order valence-electron chi connectivity index (χ4n) is 2.88. The van der Waals surface area contributed by atoms with E-state index in [0.717, 1.165) is 35.7 Å². The van der Waals surface area contributed by atoms with Crippen molar-refractivity contribution in [3.63, 3.8) is 0 Å². The van der Waals surface area contributed by atoms with Crippen molar-refractivity contribution in [2.24, 2.45) is 0 Å². The monoisotopic (exact) mass is 391 g/mol. The number of pyridine rings is 1. The topological polar surface area (TPSA) is 72.5 Å². The molecule has 1 aromatic heterocycles. The van der Waals surface area contributed by atoms with Crippen molar-refractivity contribution in [3.8, 4) is 11.5 Å². The number of carbonyl (C=O) groups is 1. The zero-order valence-corrected chi connectivity index (χ0v) is 16.6. The van der Waals surface area contributed by atoms with Crippen LogP contribution in [-0.4, -0.2) is 31.2 Å². The SMILES string of the molecule is CCOc1ccc(NC(=O)c2ccc(NCCc3ccccc3OC)cn2)cc1. The molecule has 6 nitrogen and oxygen atoms in total. The van der Waals surface area contributed by atoms with Gasteiger partial charge in [-0.15, -0.1) is 0 Å². The molecule has 2 aromatic carbocycles. The van der Waals surface area contributed by atoms with Crippen molar-refractivity contribution >= 4 is 17.3 Å². The first-order chi connectivity index (χ1) is 14.2. The van der Waals surface area contributed by atoms with E-state index in [0.29, 0.717) is 18.0 Å². The van der Waals surface area contributed by atoms with Crippen molar-refractivity contribution < 1.29 is 14.3 Å². The van der Waals surface area contributed by atoms with Crippen LogP contribution in [0.4, 0.5) is 11.4 Å². The zero-order chi connectivity index (χ0) is 20.5. The third-order valence-corrected chi connectivity index (χ3v) is 4.34. The van der Waals surface area contributed by atoms with Crippen LogP contribution in [0.5, 0.6) is 11.5 Å². The molecule has 150 valence electrons. The lowest BCUT2D eigenvalue weighted by Gasteiger charge is -2.10. The summed E-state index contributed by atoms with van der Waals surface area (Å²) in [6, 6.07) is 18.8. The number of aromatic nitrogens is 1. The van der Waals surface area contributed by atoms with Crippen molar-refractivity contribution in [2.75, 3.05) is 30.9 Å². The highest BCUT2D eigenvalue weighted by Crippen LogP contribution is 2.18. The molecule has 0 radical (unpaired) electrons. The molecule has 0 atom stereocenters. The summed E-state index contributed by atoms with van der Waals surface area (Å²) >= 11 is 0. The highest BCUT2D eigenvalue weighted by atomic mass is 16.5. The van der Waals surface area contributed by atoms with E-state index in [1.807, 2.05) is 49.4 Å². The van der Waals surface area contributed by atoms with Crippen LogP contribution in [0.25, 0.3) is 0 Å². The van der Waals surface area contributed by atoms with Gasteiger partial charge in [0.05, 0.1) is 25.6 Å². The number of carbonyl (C=O) groups excluding carboxylic acids is 1. The molecule has 0 aliphatic heterocycles. The van der Waals surface area contributed by atoms with Gasteiger partial charge in [0.15, 0.2) is 0 Å². The molecule has 0 aliphatic carbocycles. The molecule has 0 saturated carbocycles. The Hall–Kier alpha value is -3.54. The van der Waals surface area contributed by atoms with Gasteiger partial charge in [-0.1, -0.05) is 18.2 Å². The van der Waals surface area contributed by atoms with E-state index >= 15 is 0 Å². The standard InChI is InChI=1S/C23H25N3O3/c1-3-29-20-11-8-18(9-12-20)26-23(27)21-13-10-19(16-25-21)24-15-14-17-6-4-5-7-22(17)28-2/h4-13,16,24H,3,14-15H2,1-2H3,(H,26,27). The van der Waals surface area contributed by atoms with Crippen LogP contribution >= 0.6 is 0 Å². The second kappa shape index (κ2) is 10.1. The number of methoxy groups -OCH3 is 1. The fourth-order valence-corrected chi connectivity index (χ4v) is 2.88. The van der Waals surface area contributed by atoms with Crippen molar-refractivity contribution in [3.05, 3.63) is 78.1 Å². The number of hydrogen-bond acceptors (Lipinski definition) is 5. The molecule has 29 heavy (non-hydrogen) atoms. The minimum atomic E-state index is -0.255. The van der Waals surface area contributed by atoms with Crippen LogP contribution in [0.15, 0.2) is 66.9 Å². The third-order valence-electron chi connectivity index (χ3n) is 4.34. The second-order valence-corrected chi connectivity index (χ2v) is 6.33. The summed E-state index contributed by atoms with van der Waals surface area (Å²) in [4.78, 5) is 16.6. The van der Waals surface area contributed by atoms with E-state index < -0.39 is 0 Å². The van der Waals surface area contributed by atoms with Gasteiger partial charge in [-0.3, -0.25) is 4.79 Å². The van der Waals surface area contributed by atoms with Gasteiger partial charge in [-0.05, 0) is 61.4 Å². The Balaban J connectivity index is 1.52. The second-order valence-electron chi connectivity index (χ2n) is 6.33. The van der Waals surface area contributed by atoms with E-state index in [1.54, 1.807) is 31.5 Å². The number of nitrogens with one attached hydrogen (secondary N) is 2. The predicted octanol–water partition coefficient (Wildman–Crippen LogP) is 4.40. The number of para-hydroxylation sites is 1. The van der Waals surface area contributed by atoms with E-state index in [9.17, 15) is 4.79 Å². The van der Waals surface area contributed by atoms with Crippen LogP contribution in [0.3, 0.4) is 0 Å². The smallest absolute Gasteiger partial charge is 0.274 e. The predicted molar refractivity (Wildman–Crippen MR) is 115 cm³/mol. The lowest BCUT2D eigenvalue weighted by atomic mass is 10.1. The molecule has 1 heterocycles. The number of rotatable bonds is 9. The molecule has 3 rings (SSSR count). The first kappa shape index (κ1) is 20.2. The first-order valence-corrected chi connectivity index (χ1v) is 9.55. The quantitative estimate of drug-likeness (QED) is 0.566. The van der Waals surface area contributed by atoms with Gasteiger partial charge >= 0.3 is 0 Å². The maximum absolute atomic E-state index is 12.4. The average Bonchev–Trinajstić information content (AvgIpc) is 2.76. The van der Waals surface area contributed by atoms with E-state index in [4.69, 9.17) is 9.47 Å². The van der Waals surface area contributed by atoms with Gasteiger partial charge in [-0.25, -0.2) is 4.98 Å². The maximum atomic E-state index is 12.4. The molecule has 0 saturated heterocycles. The molecule has 0 spiro atoms. The fraction of sp³-hybridized carbons (Fsp3) is 0.217. The van der Waals surface area contributed by atoms with Gasteiger partial charge < -0.3 is 20.1 Å². The molecule has 0 aliphatic rings. The van der Waals surface area contributed by atoms with Crippen molar-refractivity contribution in [1.82, 2.24) is 4.98 Å². The third kappa shape index (κ3) is 5.72. The van der Waals surface area contributed by atoms with E-state index in [1.165, 1.54) is 0 Å². The van der Waals surface area contributed by atoms with Gasteiger partial charge in [0.2, 0.25) is 0 Å². The minimum Gasteiger partial charge on any atom is -0.496 e. The lowest BCUT2D eigenvalue weighted by molar-refractivity contribution is 0.102. The number of benzene rings is 2. The van der Waals surface area contributed by atoms with Gasteiger partial charge in [0.1, 0.15) is 17.2 Å². The summed E-state index contributed by atoms with van der Waals surface area (Å²) < 4.78 is 10.8. The maximum Gasteiger partial charge on any atom is 0.274 e. The Labute approximate surface area is 170 Å².